The number of hydrazine groups is 1. The Morgan fingerprint density at radius 3 is 2.71 bits per heavy atom. The predicted molar refractivity (Wildman–Crippen MR) is 75.3 cm³/mol. The molecule has 0 radical (unpaired) electrons. The molecule has 0 bridgehead atoms. The molecule has 2 nitrogen and oxygen atoms in total. The number of hydrogen-bond donors (Lipinski definition) is 1. The third kappa shape index (κ3) is 4.55. The summed E-state index contributed by atoms with van der Waals surface area (Å²) in [5.74, 6) is 6.66. The first-order valence-corrected chi connectivity index (χ1v) is 6.84. The van der Waals surface area contributed by atoms with Crippen molar-refractivity contribution in [3.8, 4) is 0 Å². The molecule has 1 unspecified atom stereocenters. The van der Waals surface area contributed by atoms with Gasteiger partial charge in [-0.15, -0.1) is 6.58 Å². The van der Waals surface area contributed by atoms with Gasteiger partial charge in [-0.05, 0) is 57.4 Å². The number of allylic oxidation sites excluding steroid dienone is 3. The van der Waals surface area contributed by atoms with Crippen LogP contribution in [0.15, 0.2) is 23.4 Å². The molecular formula is C15H28N2. The smallest absolute Gasteiger partial charge is 0.0280 e. The van der Waals surface area contributed by atoms with Gasteiger partial charge in [-0.25, -0.2) is 5.84 Å². The van der Waals surface area contributed by atoms with E-state index in [9.17, 15) is 0 Å². The van der Waals surface area contributed by atoms with E-state index in [1.165, 1.54) is 48.9 Å². The normalized spacial score (nSPS) is 26.2. The van der Waals surface area contributed by atoms with Crippen molar-refractivity contribution in [2.75, 3.05) is 7.05 Å². The van der Waals surface area contributed by atoms with Gasteiger partial charge in [0.05, 0.1) is 0 Å². The molecule has 2 N–H and O–H groups in total. The van der Waals surface area contributed by atoms with Crippen LogP contribution >= 0.6 is 0 Å². The van der Waals surface area contributed by atoms with Crippen LogP contribution in [0.5, 0.6) is 0 Å². The van der Waals surface area contributed by atoms with E-state index in [1.54, 1.807) is 0 Å². The Bertz CT molecular complexity index is 289. The zero-order chi connectivity index (χ0) is 12.8. The molecular weight excluding hydrogens is 208 g/mol. The van der Waals surface area contributed by atoms with Gasteiger partial charge in [-0.1, -0.05) is 18.4 Å². The minimum Gasteiger partial charge on any atom is -0.318 e. The maximum Gasteiger partial charge on any atom is 0.0280 e. The average molecular weight is 236 g/mol. The summed E-state index contributed by atoms with van der Waals surface area (Å²) in [5.41, 5.74) is 4.16. The molecule has 1 aliphatic rings. The maximum atomic E-state index is 5.95. The zero-order valence-corrected chi connectivity index (χ0v) is 11.8. The molecule has 0 saturated heterocycles. The van der Waals surface area contributed by atoms with E-state index in [0.29, 0.717) is 5.92 Å². The van der Waals surface area contributed by atoms with Crippen LogP contribution in [0.2, 0.25) is 0 Å². The number of nitrogens with two attached hydrogens (primary N) is 1. The summed E-state index contributed by atoms with van der Waals surface area (Å²) in [5, 5.41) is 1.83. The van der Waals surface area contributed by atoms with Crippen LogP contribution in [0.3, 0.4) is 0 Å². The first kappa shape index (κ1) is 14.3. The van der Waals surface area contributed by atoms with Crippen LogP contribution < -0.4 is 5.84 Å². The van der Waals surface area contributed by atoms with E-state index in [1.807, 2.05) is 12.1 Å². The number of rotatable bonds is 4. The van der Waals surface area contributed by atoms with Crippen LogP contribution in [0.1, 0.15) is 58.8 Å². The van der Waals surface area contributed by atoms with Gasteiger partial charge >= 0.3 is 0 Å². The summed E-state index contributed by atoms with van der Waals surface area (Å²) in [6.45, 7) is 8.40. The summed E-state index contributed by atoms with van der Waals surface area (Å²) in [7, 11) is 1.97. The average Bonchev–Trinajstić information content (AvgIpc) is 2.22. The highest BCUT2D eigenvalue weighted by atomic mass is 15.4. The Morgan fingerprint density at radius 1 is 1.41 bits per heavy atom. The van der Waals surface area contributed by atoms with Crippen molar-refractivity contribution >= 4 is 0 Å². The molecule has 0 aliphatic heterocycles. The standard InChI is InChI=1S/C15H28N2/c1-12(2)10-11-14-8-6-5-7-9-15(13(14)3)17(4)16/h14H,1,5-11,16H2,2-4H3/b15-13+. The Labute approximate surface area is 107 Å². The van der Waals surface area contributed by atoms with E-state index < -0.39 is 0 Å². The molecule has 17 heavy (non-hydrogen) atoms. The van der Waals surface area contributed by atoms with Gasteiger partial charge in [-0.3, -0.25) is 0 Å². The zero-order valence-electron chi connectivity index (χ0n) is 11.8. The van der Waals surface area contributed by atoms with Gasteiger partial charge in [0.2, 0.25) is 0 Å². The van der Waals surface area contributed by atoms with Gasteiger partial charge in [0.1, 0.15) is 0 Å². The molecule has 0 aromatic heterocycles. The van der Waals surface area contributed by atoms with E-state index in [2.05, 4.69) is 20.4 Å². The van der Waals surface area contributed by atoms with Crippen LogP contribution in [-0.4, -0.2) is 12.1 Å². The van der Waals surface area contributed by atoms with Crippen LogP contribution in [-0.2, 0) is 0 Å². The van der Waals surface area contributed by atoms with Gasteiger partial charge in [-0.2, -0.15) is 0 Å². The molecule has 0 aromatic rings. The van der Waals surface area contributed by atoms with E-state index in [0.717, 1.165) is 12.8 Å². The second kappa shape index (κ2) is 6.85. The predicted octanol–water partition coefficient (Wildman–Crippen LogP) is 4.00. The SMILES string of the molecule is C=C(C)CCC1CCCCC/C(N(C)N)=C\1C. The molecule has 0 aromatic carbocycles. The summed E-state index contributed by atoms with van der Waals surface area (Å²) >= 11 is 0. The van der Waals surface area contributed by atoms with E-state index in [-0.39, 0.29) is 0 Å². The summed E-state index contributed by atoms with van der Waals surface area (Å²) in [4.78, 5) is 0. The van der Waals surface area contributed by atoms with Crippen molar-refractivity contribution in [3.05, 3.63) is 23.4 Å². The first-order chi connectivity index (χ1) is 8.02. The van der Waals surface area contributed by atoms with Crippen molar-refractivity contribution < 1.29 is 0 Å². The molecule has 0 fully saturated rings. The minimum atomic E-state index is 0.702. The first-order valence-electron chi connectivity index (χ1n) is 6.84. The van der Waals surface area contributed by atoms with Gasteiger partial charge < -0.3 is 5.01 Å². The summed E-state index contributed by atoms with van der Waals surface area (Å²) < 4.78 is 0. The quantitative estimate of drug-likeness (QED) is 0.454. The topological polar surface area (TPSA) is 29.3 Å². The van der Waals surface area contributed by atoms with E-state index >= 15 is 0 Å². The lowest BCUT2D eigenvalue weighted by molar-refractivity contribution is 0.372. The molecule has 2 heteroatoms. The minimum absolute atomic E-state index is 0.702. The van der Waals surface area contributed by atoms with Crippen LogP contribution in [0, 0.1) is 5.92 Å². The fourth-order valence-corrected chi connectivity index (χ4v) is 2.75. The highest BCUT2D eigenvalue weighted by molar-refractivity contribution is 5.14. The summed E-state index contributed by atoms with van der Waals surface area (Å²) in [6, 6.07) is 0. The second-order valence-electron chi connectivity index (χ2n) is 5.53. The van der Waals surface area contributed by atoms with Crippen molar-refractivity contribution in [3.63, 3.8) is 0 Å². The highest BCUT2D eigenvalue weighted by Crippen LogP contribution is 2.31. The second-order valence-corrected chi connectivity index (χ2v) is 5.53. The molecule has 0 spiro atoms. The van der Waals surface area contributed by atoms with Crippen molar-refractivity contribution in [2.45, 2.75) is 58.8 Å². The maximum absolute atomic E-state index is 5.95. The van der Waals surface area contributed by atoms with Crippen LogP contribution in [0.4, 0.5) is 0 Å². The van der Waals surface area contributed by atoms with Gasteiger partial charge in [0, 0.05) is 12.7 Å². The molecule has 0 amide bonds. The third-order valence-electron chi connectivity index (χ3n) is 3.88. The molecule has 1 atom stereocenters. The molecule has 1 rings (SSSR count). The summed E-state index contributed by atoms with van der Waals surface area (Å²) in [6.07, 6.45) is 8.82. The molecule has 0 saturated carbocycles. The third-order valence-corrected chi connectivity index (χ3v) is 3.88. The van der Waals surface area contributed by atoms with Crippen molar-refractivity contribution in [2.24, 2.45) is 11.8 Å². The van der Waals surface area contributed by atoms with Gasteiger partial charge in [0.15, 0.2) is 0 Å². The fourth-order valence-electron chi connectivity index (χ4n) is 2.75. The van der Waals surface area contributed by atoms with Gasteiger partial charge in [0.25, 0.3) is 0 Å². The monoisotopic (exact) mass is 236 g/mol. The van der Waals surface area contributed by atoms with Crippen LogP contribution in [0.25, 0.3) is 0 Å². The lowest BCUT2D eigenvalue weighted by atomic mass is 9.84. The Balaban J connectivity index is 2.78. The highest BCUT2D eigenvalue weighted by Gasteiger charge is 2.18. The molecule has 1 aliphatic carbocycles. The molecule has 0 heterocycles. The lowest BCUT2D eigenvalue weighted by Gasteiger charge is -2.28. The Kier molecular flexibility index (Phi) is 5.76. The number of nitrogens with zero attached hydrogens (tertiary/aromatic N) is 1. The largest absolute Gasteiger partial charge is 0.318 e. The van der Waals surface area contributed by atoms with Crippen molar-refractivity contribution in [1.82, 2.24) is 5.01 Å². The Hall–Kier alpha value is -0.760. The number of hydrogen-bond acceptors (Lipinski definition) is 2. The van der Waals surface area contributed by atoms with E-state index in [4.69, 9.17) is 5.84 Å². The molecule has 98 valence electrons. The Morgan fingerprint density at radius 2 is 2.12 bits per heavy atom. The lowest BCUT2D eigenvalue weighted by Crippen LogP contribution is -2.28. The van der Waals surface area contributed by atoms with Crippen molar-refractivity contribution in [1.29, 1.82) is 0 Å². The fraction of sp³-hybridized carbons (Fsp3) is 0.733.